The fourth-order valence-electron chi connectivity index (χ4n) is 1.75. The largest absolute Gasteiger partial charge is 0.368 e. The number of amides is 1. The van der Waals surface area contributed by atoms with Crippen LogP contribution >= 0.6 is 0 Å². The molecule has 1 amide bonds. The summed E-state index contributed by atoms with van der Waals surface area (Å²) < 4.78 is 0. The maximum atomic E-state index is 12.2. The minimum Gasteiger partial charge on any atom is -0.368 e. The van der Waals surface area contributed by atoms with Gasteiger partial charge in [0.2, 0.25) is 5.91 Å². The second-order valence-electron chi connectivity index (χ2n) is 4.30. The SMILES string of the molecule is CCC(NC(C(C)=O)C(=O)c1ccccc1)C(N)=O. The van der Waals surface area contributed by atoms with Crippen molar-refractivity contribution in [3.63, 3.8) is 0 Å². The van der Waals surface area contributed by atoms with Crippen molar-refractivity contribution in [3.8, 4) is 0 Å². The molecule has 0 spiro atoms. The second-order valence-corrected chi connectivity index (χ2v) is 4.30. The topological polar surface area (TPSA) is 89.3 Å². The summed E-state index contributed by atoms with van der Waals surface area (Å²) in [5, 5.41) is 2.73. The Labute approximate surface area is 112 Å². The van der Waals surface area contributed by atoms with Gasteiger partial charge in [0.25, 0.3) is 0 Å². The number of Topliss-reactive ketones (excluding diaryl/α,β-unsaturated/α-hetero) is 2. The predicted octanol–water partition coefficient (Wildman–Crippen LogP) is 0.680. The molecule has 0 heterocycles. The molecular formula is C14H18N2O3. The Morgan fingerprint density at radius 2 is 1.79 bits per heavy atom. The summed E-state index contributed by atoms with van der Waals surface area (Å²) in [4.78, 5) is 35.0. The van der Waals surface area contributed by atoms with Crippen molar-refractivity contribution in [1.82, 2.24) is 5.32 Å². The van der Waals surface area contributed by atoms with E-state index in [0.29, 0.717) is 12.0 Å². The molecular weight excluding hydrogens is 244 g/mol. The molecule has 1 aromatic carbocycles. The molecule has 1 aromatic rings. The molecule has 0 saturated heterocycles. The molecule has 2 atom stereocenters. The summed E-state index contributed by atoms with van der Waals surface area (Å²) in [5.41, 5.74) is 5.64. The molecule has 19 heavy (non-hydrogen) atoms. The van der Waals surface area contributed by atoms with Gasteiger partial charge in [-0.1, -0.05) is 37.3 Å². The van der Waals surface area contributed by atoms with E-state index in [1.165, 1.54) is 6.92 Å². The highest BCUT2D eigenvalue weighted by Crippen LogP contribution is 2.06. The molecule has 5 heteroatoms. The van der Waals surface area contributed by atoms with Crippen molar-refractivity contribution in [1.29, 1.82) is 0 Å². The second kappa shape index (κ2) is 6.80. The van der Waals surface area contributed by atoms with Gasteiger partial charge in [-0.25, -0.2) is 0 Å². The molecule has 102 valence electrons. The molecule has 0 aliphatic heterocycles. The van der Waals surface area contributed by atoms with E-state index in [1.54, 1.807) is 37.3 Å². The quantitative estimate of drug-likeness (QED) is 0.558. The zero-order chi connectivity index (χ0) is 14.4. The van der Waals surface area contributed by atoms with Gasteiger partial charge in [0.05, 0.1) is 6.04 Å². The summed E-state index contributed by atoms with van der Waals surface area (Å²) >= 11 is 0. The number of ketones is 2. The molecule has 0 aliphatic rings. The lowest BCUT2D eigenvalue weighted by Gasteiger charge is -2.20. The highest BCUT2D eigenvalue weighted by atomic mass is 16.2. The van der Waals surface area contributed by atoms with Crippen LogP contribution in [0.25, 0.3) is 0 Å². The van der Waals surface area contributed by atoms with E-state index < -0.39 is 18.0 Å². The number of nitrogens with one attached hydrogen (secondary N) is 1. The standard InChI is InChI=1S/C14H18N2O3/c1-3-11(14(15)19)16-12(9(2)17)13(18)10-7-5-4-6-8-10/h4-8,11-12,16H,3H2,1-2H3,(H2,15,19). The van der Waals surface area contributed by atoms with Gasteiger partial charge in [-0.15, -0.1) is 0 Å². The summed E-state index contributed by atoms with van der Waals surface area (Å²) in [6.45, 7) is 3.07. The van der Waals surface area contributed by atoms with Crippen LogP contribution in [0.3, 0.4) is 0 Å². The lowest BCUT2D eigenvalue weighted by atomic mass is 10.00. The van der Waals surface area contributed by atoms with Crippen LogP contribution in [-0.2, 0) is 9.59 Å². The van der Waals surface area contributed by atoms with Crippen molar-refractivity contribution in [2.45, 2.75) is 32.4 Å². The normalized spacial score (nSPS) is 13.6. The number of carbonyl (C=O) groups excluding carboxylic acids is 3. The molecule has 0 aliphatic carbocycles. The molecule has 2 unspecified atom stereocenters. The highest BCUT2D eigenvalue weighted by Gasteiger charge is 2.28. The van der Waals surface area contributed by atoms with Crippen LogP contribution in [0.5, 0.6) is 0 Å². The smallest absolute Gasteiger partial charge is 0.234 e. The van der Waals surface area contributed by atoms with Crippen molar-refractivity contribution in [2.24, 2.45) is 5.73 Å². The third kappa shape index (κ3) is 3.99. The van der Waals surface area contributed by atoms with Crippen molar-refractivity contribution in [3.05, 3.63) is 35.9 Å². The summed E-state index contributed by atoms with van der Waals surface area (Å²) in [5.74, 6) is -1.27. The van der Waals surface area contributed by atoms with Gasteiger partial charge in [0.1, 0.15) is 6.04 Å². The van der Waals surface area contributed by atoms with Gasteiger partial charge < -0.3 is 5.73 Å². The van der Waals surface area contributed by atoms with Gasteiger partial charge in [-0.2, -0.15) is 0 Å². The summed E-state index contributed by atoms with van der Waals surface area (Å²) in [6.07, 6.45) is 0.418. The number of benzene rings is 1. The summed E-state index contributed by atoms with van der Waals surface area (Å²) in [7, 11) is 0. The first-order chi connectivity index (χ1) is 8.97. The maximum Gasteiger partial charge on any atom is 0.234 e. The van der Waals surface area contributed by atoms with E-state index in [0.717, 1.165) is 0 Å². The lowest BCUT2D eigenvalue weighted by Crippen LogP contribution is -2.52. The Bertz CT molecular complexity index is 471. The van der Waals surface area contributed by atoms with Gasteiger partial charge in [-0.05, 0) is 13.3 Å². The van der Waals surface area contributed by atoms with E-state index >= 15 is 0 Å². The number of rotatable bonds is 7. The van der Waals surface area contributed by atoms with Crippen molar-refractivity contribution >= 4 is 17.5 Å². The molecule has 0 radical (unpaired) electrons. The number of hydrogen-bond donors (Lipinski definition) is 2. The van der Waals surface area contributed by atoms with Crippen LogP contribution in [-0.4, -0.2) is 29.6 Å². The Morgan fingerprint density at radius 1 is 1.21 bits per heavy atom. The number of nitrogens with two attached hydrogens (primary N) is 1. The lowest BCUT2D eigenvalue weighted by molar-refractivity contribution is -0.121. The Hall–Kier alpha value is -2.01. The molecule has 0 aromatic heterocycles. The molecule has 5 nitrogen and oxygen atoms in total. The summed E-state index contributed by atoms with van der Waals surface area (Å²) in [6, 6.07) is 6.74. The third-order valence-corrected chi connectivity index (χ3v) is 2.85. The Morgan fingerprint density at radius 3 is 2.21 bits per heavy atom. The third-order valence-electron chi connectivity index (χ3n) is 2.85. The van der Waals surface area contributed by atoms with Gasteiger partial charge >= 0.3 is 0 Å². The zero-order valence-electron chi connectivity index (χ0n) is 11.1. The molecule has 0 bridgehead atoms. The van der Waals surface area contributed by atoms with Gasteiger partial charge in [0, 0.05) is 5.56 Å². The van der Waals surface area contributed by atoms with Crippen molar-refractivity contribution < 1.29 is 14.4 Å². The minimum absolute atomic E-state index is 0.339. The zero-order valence-corrected chi connectivity index (χ0v) is 11.1. The Kier molecular flexibility index (Phi) is 5.38. The maximum absolute atomic E-state index is 12.2. The molecule has 0 fully saturated rings. The molecule has 3 N–H and O–H groups in total. The van der Waals surface area contributed by atoms with Crippen LogP contribution in [0, 0.1) is 0 Å². The number of hydrogen-bond acceptors (Lipinski definition) is 4. The van der Waals surface area contributed by atoms with E-state index in [-0.39, 0.29) is 11.6 Å². The van der Waals surface area contributed by atoms with Crippen LogP contribution < -0.4 is 11.1 Å². The van der Waals surface area contributed by atoms with Crippen LogP contribution in [0.15, 0.2) is 30.3 Å². The van der Waals surface area contributed by atoms with Crippen LogP contribution in [0.2, 0.25) is 0 Å². The van der Waals surface area contributed by atoms with Crippen LogP contribution in [0.4, 0.5) is 0 Å². The highest BCUT2D eigenvalue weighted by molar-refractivity contribution is 6.13. The first kappa shape index (κ1) is 15.0. The number of primary amides is 1. The fraction of sp³-hybridized carbons (Fsp3) is 0.357. The number of carbonyl (C=O) groups is 3. The first-order valence-electron chi connectivity index (χ1n) is 6.12. The van der Waals surface area contributed by atoms with Gasteiger partial charge in [0.15, 0.2) is 11.6 Å². The average molecular weight is 262 g/mol. The Balaban J connectivity index is 2.92. The van der Waals surface area contributed by atoms with Crippen molar-refractivity contribution in [2.75, 3.05) is 0 Å². The average Bonchev–Trinajstić information content (AvgIpc) is 2.39. The minimum atomic E-state index is -1.04. The predicted molar refractivity (Wildman–Crippen MR) is 71.7 cm³/mol. The molecule has 0 saturated carbocycles. The van der Waals surface area contributed by atoms with Gasteiger partial charge in [-0.3, -0.25) is 19.7 Å². The van der Waals surface area contributed by atoms with E-state index in [4.69, 9.17) is 5.73 Å². The van der Waals surface area contributed by atoms with Crippen LogP contribution in [0.1, 0.15) is 30.6 Å². The first-order valence-corrected chi connectivity index (χ1v) is 6.12. The molecule has 1 rings (SSSR count). The van der Waals surface area contributed by atoms with E-state index in [2.05, 4.69) is 5.32 Å². The van der Waals surface area contributed by atoms with E-state index in [1.807, 2.05) is 0 Å². The monoisotopic (exact) mass is 262 g/mol. The fourth-order valence-corrected chi connectivity index (χ4v) is 1.75. The van der Waals surface area contributed by atoms with E-state index in [9.17, 15) is 14.4 Å².